The molecule has 0 fully saturated rings. The van der Waals surface area contributed by atoms with Gasteiger partial charge in [0, 0.05) is 10.9 Å². The van der Waals surface area contributed by atoms with E-state index in [2.05, 4.69) is 0 Å². The van der Waals surface area contributed by atoms with Crippen LogP contribution in [-0.2, 0) is 11.3 Å². The van der Waals surface area contributed by atoms with Gasteiger partial charge in [-0.1, -0.05) is 72.8 Å². The second-order valence-electron chi connectivity index (χ2n) is 7.74. The predicted octanol–water partition coefficient (Wildman–Crippen LogP) is 6.58. The number of rotatable bonds is 6. The molecule has 5 aromatic rings. The van der Waals surface area contributed by atoms with Crippen LogP contribution in [0.15, 0.2) is 91.0 Å². The van der Waals surface area contributed by atoms with E-state index in [1.54, 1.807) is 7.11 Å². The van der Waals surface area contributed by atoms with Gasteiger partial charge >= 0.3 is 5.97 Å². The highest BCUT2D eigenvalue weighted by molar-refractivity contribution is 7.21. The average molecular weight is 467 g/mol. The number of hydrogen-bond donors (Lipinski definition) is 1. The summed E-state index contributed by atoms with van der Waals surface area (Å²) in [5, 5.41) is 0.751. The molecule has 0 aliphatic carbocycles. The highest BCUT2D eigenvalue weighted by atomic mass is 32.1. The van der Waals surface area contributed by atoms with Crippen LogP contribution in [0.3, 0.4) is 0 Å². The van der Waals surface area contributed by atoms with Crippen molar-refractivity contribution in [3.63, 3.8) is 0 Å². The lowest BCUT2D eigenvalue weighted by Gasteiger charge is -2.10. The number of nitrogens with zero attached hydrogens (tertiary/aromatic N) is 1. The number of carbonyl (C=O) groups excluding carboxylic acids is 1. The predicted molar refractivity (Wildman–Crippen MR) is 137 cm³/mol. The largest absolute Gasteiger partial charge is 0.497 e. The van der Waals surface area contributed by atoms with E-state index in [1.807, 2.05) is 91.0 Å². The van der Waals surface area contributed by atoms with Crippen LogP contribution < -0.4 is 10.5 Å². The first-order chi connectivity index (χ1) is 16.6. The minimum atomic E-state index is -0.453. The van der Waals surface area contributed by atoms with E-state index >= 15 is 0 Å². The molecule has 34 heavy (non-hydrogen) atoms. The topological polar surface area (TPSA) is 74.4 Å². The molecule has 2 N–H and O–H groups in total. The Labute approximate surface area is 201 Å². The fourth-order valence-electron chi connectivity index (χ4n) is 3.82. The summed E-state index contributed by atoms with van der Waals surface area (Å²) in [5.41, 5.74) is 11.5. The summed E-state index contributed by atoms with van der Waals surface area (Å²) >= 11 is 1.26. The van der Waals surface area contributed by atoms with Gasteiger partial charge in [0.25, 0.3) is 0 Å². The van der Waals surface area contributed by atoms with Crippen LogP contribution in [0.25, 0.3) is 32.6 Å². The maximum atomic E-state index is 13.0. The number of carbonyl (C=O) groups is 1. The third-order valence-electron chi connectivity index (χ3n) is 5.57. The van der Waals surface area contributed by atoms with Gasteiger partial charge in [-0.3, -0.25) is 0 Å². The Bertz CT molecular complexity index is 1450. The lowest BCUT2D eigenvalue weighted by atomic mass is 9.99. The number of nitrogen functional groups attached to an aromatic ring is 1. The van der Waals surface area contributed by atoms with Crippen LogP contribution in [0.4, 0.5) is 5.69 Å². The van der Waals surface area contributed by atoms with Crippen LogP contribution in [0, 0.1) is 0 Å². The fourth-order valence-corrected chi connectivity index (χ4v) is 4.83. The first-order valence-corrected chi connectivity index (χ1v) is 11.6. The fraction of sp³-hybridized carbons (Fsp3) is 0.0714. The number of anilines is 1. The standard InChI is InChI=1S/C28H22N2O3S/c1-32-21-14-12-19(13-15-21)22-16-23(20-10-6-3-7-11-20)30-27-24(22)25(29)26(34-27)28(31)33-17-18-8-4-2-5-9-18/h2-16H,17,29H2,1H3. The Kier molecular flexibility index (Phi) is 5.97. The van der Waals surface area contributed by atoms with Gasteiger partial charge in [-0.25, -0.2) is 9.78 Å². The molecule has 168 valence electrons. The SMILES string of the molecule is COc1ccc(-c2cc(-c3ccccc3)nc3sc(C(=O)OCc4ccccc4)c(N)c23)cc1. The second-order valence-corrected chi connectivity index (χ2v) is 8.74. The lowest BCUT2D eigenvalue weighted by molar-refractivity contribution is 0.0480. The summed E-state index contributed by atoms with van der Waals surface area (Å²) in [4.78, 5) is 18.9. The number of ether oxygens (including phenoxy) is 2. The quantitative estimate of drug-likeness (QED) is 0.286. The van der Waals surface area contributed by atoms with Crippen molar-refractivity contribution in [2.45, 2.75) is 6.61 Å². The van der Waals surface area contributed by atoms with E-state index in [-0.39, 0.29) is 6.61 Å². The zero-order chi connectivity index (χ0) is 23.5. The van der Waals surface area contributed by atoms with Crippen molar-refractivity contribution in [1.82, 2.24) is 4.98 Å². The van der Waals surface area contributed by atoms with Crippen LogP contribution in [0.5, 0.6) is 5.75 Å². The summed E-state index contributed by atoms with van der Waals surface area (Å²) in [6.45, 7) is 0.182. The summed E-state index contributed by atoms with van der Waals surface area (Å²) in [5.74, 6) is 0.312. The Balaban J connectivity index is 1.61. The van der Waals surface area contributed by atoms with Crippen molar-refractivity contribution in [2.75, 3.05) is 12.8 Å². The molecular formula is C28H22N2O3S. The summed E-state index contributed by atoms with van der Waals surface area (Å²) < 4.78 is 10.9. The number of esters is 1. The van der Waals surface area contributed by atoms with Gasteiger partial charge in [-0.05, 0) is 34.9 Å². The van der Waals surface area contributed by atoms with Crippen LogP contribution in [0.2, 0.25) is 0 Å². The molecule has 5 nitrogen and oxygen atoms in total. The van der Waals surface area contributed by atoms with Crippen molar-refractivity contribution < 1.29 is 14.3 Å². The minimum absolute atomic E-state index is 0.182. The number of nitrogens with two attached hydrogens (primary N) is 1. The molecule has 0 unspecified atom stereocenters. The summed E-state index contributed by atoms with van der Waals surface area (Å²) in [6, 6.07) is 29.3. The summed E-state index contributed by atoms with van der Waals surface area (Å²) in [7, 11) is 1.64. The number of pyridine rings is 1. The first-order valence-electron chi connectivity index (χ1n) is 10.8. The molecule has 0 saturated heterocycles. The van der Waals surface area contributed by atoms with Crippen LogP contribution in [0.1, 0.15) is 15.2 Å². The maximum absolute atomic E-state index is 13.0. The van der Waals surface area contributed by atoms with E-state index in [0.29, 0.717) is 15.4 Å². The van der Waals surface area contributed by atoms with E-state index in [4.69, 9.17) is 20.2 Å². The molecule has 0 radical (unpaired) electrons. The normalized spacial score (nSPS) is 10.9. The Hall–Kier alpha value is -4.16. The molecule has 2 aromatic heterocycles. The molecule has 0 aliphatic heterocycles. The van der Waals surface area contributed by atoms with Gasteiger partial charge in [0.1, 0.15) is 22.1 Å². The molecule has 0 spiro atoms. The molecule has 0 aliphatic rings. The lowest BCUT2D eigenvalue weighted by Crippen LogP contribution is -2.05. The van der Waals surface area contributed by atoms with Gasteiger partial charge in [-0.15, -0.1) is 11.3 Å². The Morgan fingerprint density at radius 2 is 1.59 bits per heavy atom. The maximum Gasteiger partial charge on any atom is 0.350 e. The van der Waals surface area contributed by atoms with E-state index in [9.17, 15) is 4.79 Å². The Morgan fingerprint density at radius 1 is 0.912 bits per heavy atom. The highest BCUT2D eigenvalue weighted by Crippen LogP contribution is 2.42. The van der Waals surface area contributed by atoms with Crippen molar-refractivity contribution >= 4 is 33.2 Å². The Morgan fingerprint density at radius 3 is 2.26 bits per heavy atom. The zero-order valence-electron chi connectivity index (χ0n) is 18.5. The number of thiophene rings is 1. The number of methoxy groups -OCH3 is 1. The molecule has 0 atom stereocenters. The molecule has 5 rings (SSSR count). The molecular weight excluding hydrogens is 444 g/mol. The number of aromatic nitrogens is 1. The van der Waals surface area contributed by atoms with E-state index < -0.39 is 5.97 Å². The van der Waals surface area contributed by atoms with Crippen molar-refractivity contribution in [3.05, 3.63) is 101 Å². The third-order valence-corrected chi connectivity index (χ3v) is 6.65. The average Bonchev–Trinajstić information content (AvgIpc) is 3.24. The number of benzene rings is 3. The molecule has 2 heterocycles. The second kappa shape index (κ2) is 9.37. The van der Waals surface area contributed by atoms with Gasteiger partial charge in [0.05, 0.1) is 18.5 Å². The van der Waals surface area contributed by atoms with Gasteiger partial charge in [-0.2, -0.15) is 0 Å². The van der Waals surface area contributed by atoms with Crippen molar-refractivity contribution in [3.8, 4) is 28.1 Å². The van der Waals surface area contributed by atoms with Crippen molar-refractivity contribution in [2.24, 2.45) is 0 Å². The molecule has 3 aromatic carbocycles. The van der Waals surface area contributed by atoms with Crippen LogP contribution in [-0.4, -0.2) is 18.1 Å². The highest BCUT2D eigenvalue weighted by Gasteiger charge is 2.22. The first kappa shape index (κ1) is 21.7. The van der Waals surface area contributed by atoms with E-state index in [0.717, 1.165) is 39.1 Å². The number of hydrogen-bond acceptors (Lipinski definition) is 6. The third kappa shape index (κ3) is 4.23. The number of fused-ring (bicyclic) bond motifs is 1. The monoisotopic (exact) mass is 466 g/mol. The summed E-state index contributed by atoms with van der Waals surface area (Å²) in [6.07, 6.45) is 0. The van der Waals surface area contributed by atoms with Gasteiger partial charge in [0.15, 0.2) is 0 Å². The molecule has 0 bridgehead atoms. The zero-order valence-corrected chi connectivity index (χ0v) is 19.3. The molecule has 6 heteroatoms. The van der Waals surface area contributed by atoms with Crippen molar-refractivity contribution in [1.29, 1.82) is 0 Å². The van der Waals surface area contributed by atoms with Gasteiger partial charge < -0.3 is 15.2 Å². The smallest absolute Gasteiger partial charge is 0.350 e. The minimum Gasteiger partial charge on any atom is -0.497 e. The molecule has 0 amide bonds. The molecule has 0 saturated carbocycles. The van der Waals surface area contributed by atoms with Gasteiger partial charge in [0.2, 0.25) is 0 Å². The van der Waals surface area contributed by atoms with Crippen LogP contribution >= 0.6 is 11.3 Å². The van der Waals surface area contributed by atoms with E-state index in [1.165, 1.54) is 11.3 Å².